The molecule has 0 fully saturated rings. The van der Waals surface area contributed by atoms with Gasteiger partial charge in [0, 0.05) is 6.07 Å². The van der Waals surface area contributed by atoms with Crippen molar-refractivity contribution in [2.45, 2.75) is 12.2 Å². The summed E-state index contributed by atoms with van der Waals surface area (Å²) < 4.78 is 10.4. The zero-order valence-electron chi connectivity index (χ0n) is 11.3. The number of hydrogen-bond acceptors (Lipinski definition) is 5. The van der Waals surface area contributed by atoms with Crippen molar-refractivity contribution in [1.29, 1.82) is 0 Å². The summed E-state index contributed by atoms with van der Waals surface area (Å²) in [6, 6.07) is 11.1. The molecule has 0 spiro atoms. The summed E-state index contributed by atoms with van der Waals surface area (Å²) in [6.07, 6.45) is -1.29. The summed E-state index contributed by atoms with van der Waals surface area (Å²) in [5.74, 6) is -0.196. The van der Waals surface area contributed by atoms with Gasteiger partial charge in [-0.05, 0) is 29.8 Å². The van der Waals surface area contributed by atoms with Crippen LogP contribution in [0.5, 0.6) is 17.2 Å². The maximum Gasteiger partial charge on any atom is 0.211 e. The first-order valence-corrected chi connectivity index (χ1v) is 6.46. The van der Waals surface area contributed by atoms with E-state index in [9.17, 15) is 15.0 Å². The number of fused-ring (bicyclic) bond motifs is 1. The highest BCUT2D eigenvalue weighted by molar-refractivity contribution is 6.04. The number of ether oxygens (including phenoxy) is 2. The molecule has 0 aromatic heterocycles. The fourth-order valence-corrected chi connectivity index (χ4v) is 2.43. The molecular formula is C16H14O5. The monoisotopic (exact) mass is 286 g/mol. The van der Waals surface area contributed by atoms with Crippen LogP contribution < -0.4 is 9.47 Å². The molecule has 108 valence electrons. The fraction of sp³-hybridized carbons (Fsp3) is 0.188. The number of carbonyl (C=O) groups excluding carboxylic acids is 1. The minimum Gasteiger partial charge on any atom is -0.508 e. The van der Waals surface area contributed by atoms with Gasteiger partial charge >= 0.3 is 0 Å². The Labute approximate surface area is 121 Å². The van der Waals surface area contributed by atoms with Crippen molar-refractivity contribution in [3.8, 4) is 17.2 Å². The lowest BCUT2D eigenvalue weighted by atomic mass is 9.87. The Balaban J connectivity index is 1.99. The van der Waals surface area contributed by atoms with Gasteiger partial charge in [0.25, 0.3) is 0 Å². The number of phenolic OH excluding ortho intramolecular Hbond substituents is 1. The van der Waals surface area contributed by atoms with Gasteiger partial charge in [0.15, 0.2) is 5.78 Å². The lowest BCUT2D eigenvalue weighted by Gasteiger charge is -2.29. The second kappa shape index (κ2) is 5.10. The minimum absolute atomic E-state index is 0.0170. The SMILES string of the molecule is COc1ccc([C@@H]2C(=O)c3ccc(O)cc3O[C@H]2O)cc1. The second-order valence-corrected chi connectivity index (χ2v) is 4.80. The lowest BCUT2D eigenvalue weighted by Crippen LogP contribution is -2.35. The maximum atomic E-state index is 12.5. The van der Waals surface area contributed by atoms with Crippen LogP contribution in [0.25, 0.3) is 0 Å². The molecule has 1 aliphatic heterocycles. The van der Waals surface area contributed by atoms with Gasteiger partial charge in [0.05, 0.1) is 12.7 Å². The molecule has 5 nitrogen and oxygen atoms in total. The molecule has 5 heteroatoms. The Morgan fingerprint density at radius 3 is 2.52 bits per heavy atom. The Morgan fingerprint density at radius 1 is 1.14 bits per heavy atom. The molecule has 0 saturated heterocycles. The highest BCUT2D eigenvalue weighted by Gasteiger charge is 2.37. The first-order chi connectivity index (χ1) is 10.1. The van der Waals surface area contributed by atoms with Gasteiger partial charge < -0.3 is 19.7 Å². The van der Waals surface area contributed by atoms with E-state index in [1.165, 1.54) is 18.2 Å². The van der Waals surface area contributed by atoms with E-state index >= 15 is 0 Å². The first-order valence-electron chi connectivity index (χ1n) is 6.46. The normalized spacial score (nSPS) is 20.6. The zero-order chi connectivity index (χ0) is 15.0. The molecule has 2 aromatic carbocycles. The Morgan fingerprint density at radius 2 is 1.86 bits per heavy atom. The Kier molecular flexibility index (Phi) is 3.27. The van der Waals surface area contributed by atoms with Gasteiger partial charge in [0.2, 0.25) is 6.29 Å². The standard InChI is InChI=1S/C16H14O5/c1-20-11-5-2-9(3-6-11)14-15(18)12-7-4-10(17)8-13(12)21-16(14)19/h2-8,14,16-17,19H,1H3/t14-,16-/m1/s1. The molecule has 0 amide bonds. The van der Waals surface area contributed by atoms with Crippen molar-refractivity contribution < 1.29 is 24.5 Å². The van der Waals surface area contributed by atoms with Crippen molar-refractivity contribution >= 4 is 5.78 Å². The van der Waals surface area contributed by atoms with Crippen LogP contribution in [0.15, 0.2) is 42.5 Å². The topological polar surface area (TPSA) is 76.0 Å². The Bertz CT molecular complexity index is 678. The highest BCUT2D eigenvalue weighted by atomic mass is 16.6. The Hall–Kier alpha value is -2.53. The quantitative estimate of drug-likeness (QED) is 0.884. The van der Waals surface area contributed by atoms with Crippen LogP contribution in [0, 0.1) is 0 Å². The average molecular weight is 286 g/mol. The summed E-state index contributed by atoms with van der Waals surface area (Å²) in [5.41, 5.74) is 0.992. The van der Waals surface area contributed by atoms with Gasteiger partial charge in [-0.15, -0.1) is 0 Å². The molecule has 2 N–H and O–H groups in total. The maximum absolute atomic E-state index is 12.5. The summed E-state index contributed by atoms with van der Waals surface area (Å²) in [4.78, 5) is 12.5. The first kappa shape index (κ1) is 13.5. The van der Waals surface area contributed by atoms with Crippen LogP contribution in [0.3, 0.4) is 0 Å². The summed E-state index contributed by atoms with van der Waals surface area (Å²) in [6.45, 7) is 0. The zero-order valence-corrected chi connectivity index (χ0v) is 11.3. The largest absolute Gasteiger partial charge is 0.508 e. The van der Waals surface area contributed by atoms with Crippen LogP contribution in [-0.2, 0) is 0 Å². The molecule has 21 heavy (non-hydrogen) atoms. The number of aromatic hydroxyl groups is 1. The molecular weight excluding hydrogens is 272 g/mol. The smallest absolute Gasteiger partial charge is 0.211 e. The molecule has 0 radical (unpaired) electrons. The van der Waals surface area contributed by atoms with Gasteiger partial charge in [-0.1, -0.05) is 12.1 Å². The van der Waals surface area contributed by atoms with Crippen LogP contribution in [-0.4, -0.2) is 29.4 Å². The van der Waals surface area contributed by atoms with E-state index in [2.05, 4.69) is 0 Å². The second-order valence-electron chi connectivity index (χ2n) is 4.80. The molecule has 0 aliphatic carbocycles. The number of carbonyl (C=O) groups is 1. The number of hydrogen-bond donors (Lipinski definition) is 2. The predicted molar refractivity (Wildman–Crippen MR) is 74.8 cm³/mol. The number of aliphatic hydroxyl groups excluding tert-OH is 1. The van der Waals surface area contributed by atoms with Crippen molar-refractivity contribution in [2.24, 2.45) is 0 Å². The number of aliphatic hydroxyl groups is 1. The summed E-state index contributed by atoms with van der Waals surface area (Å²) in [7, 11) is 1.56. The third-order valence-electron chi connectivity index (χ3n) is 3.52. The number of rotatable bonds is 2. The number of Topliss-reactive ketones (excluding diaryl/α,β-unsaturated/α-hetero) is 1. The number of phenols is 1. The van der Waals surface area contributed by atoms with Gasteiger partial charge in [-0.25, -0.2) is 0 Å². The number of benzene rings is 2. The van der Waals surface area contributed by atoms with E-state index in [4.69, 9.17) is 9.47 Å². The predicted octanol–water partition coefficient (Wildman–Crippen LogP) is 2.08. The molecule has 2 aromatic rings. The number of methoxy groups -OCH3 is 1. The molecule has 0 unspecified atom stereocenters. The molecule has 1 heterocycles. The van der Waals surface area contributed by atoms with Crippen LogP contribution >= 0.6 is 0 Å². The van der Waals surface area contributed by atoms with E-state index in [0.717, 1.165) is 0 Å². The highest BCUT2D eigenvalue weighted by Crippen LogP contribution is 2.37. The van der Waals surface area contributed by atoms with Crippen molar-refractivity contribution in [2.75, 3.05) is 7.11 Å². The summed E-state index contributed by atoms with van der Waals surface area (Å²) >= 11 is 0. The van der Waals surface area contributed by atoms with E-state index in [1.807, 2.05) is 0 Å². The molecule has 2 atom stereocenters. The number of ketones is 1. The third kappa shape index (κ3) is 2.32. The van der Waals surface area contributed by atoms with E-state index < -0.39 is 12.2 Å². The van der Waals surface area contributed by atoms with Crippen LogP contribution in [0.1, 0.15) is 21.8 Å². The molecule has 0 saturated carbocycles. The van der Waals surface area contributed by atoms with Gasteiger partial charge in [-0.2, -0.15) is 0 Å². The van der Waals surface area contributed by atoms with E-state index in [1.54, 1.807) is 31.4 Å². The van der Waals surface area contributed by atoms with Crippen molar-refractivity contribution in [1.82, 2.24) is 0 Å². The van der Waals surface area contributed by atoms with Crippen LogP contribution in [0.2, 0.25) is 0 Å². The molecule has 3 rings (SSSR count). The third-order valence-corrected chi connectivity index (χ3v) is 3.52. The minimum atomic E-state index is -1.29. The average Bonchev–Trinajstić information content (AvgIpc) is 2.47. The summed E-state index contributed by atoms with van der Waals surface area (Å²) in [5, 5.41) is 19.5. The lowest BCUT2D eigenvalue weighted by molar-refractivity contribution is -0.0386. The van der Waals surface area contributed by atoms with Gasteiger partial charge in [-0.3, -0.25) is 4.79 Å². The van der Waals surface area contributed by atoms with Gasteiger partial charge in [0.1, 0.15) is 23.2 Å². The van der Waals surface area contributed by atoms with Crippen molar-refractivity contribution in [3.05, 3.63) is 53.6 Å². The van der Waals surface area contributed by atoms with E-state index in [-0.39, 0.29) is 17.3 Å². The van der Waals surface area contributed by atoms with Crippen LogP contribution in [0.4, 0.5) is 0 Å². The molecule has 1 aliphatic rings. The fourth-order valence-electron chi connectivity index (χ4n) is 2.43. The van der Waals surface area contributed by atoms with E-state index in [0.29, 0.717) is 16.9 Å². The van der Waals surface area contributed by atoms with Crippen molar-refractivity contribution in [3.63, 3.8) is 0 Å². The molecule has 0 bridgehead atoms.